The molecule has 0 saturated carbocycles. The zero-order chi connectivity index (χ0) is 10.8. The third kappa shape index (κ3) is 1.61. The second kappa shape index (κ2) is 3.57. The molecule has 4 heteroatoms. The highest BCUT2D eigenvalue weighted by Gasteiger charge is 2.07. The zero-order valence-corrected chi connectivity index (χ0v) is 8.19. The Morgan fingerprint density at radius 1 is 1.47 bits per heavy atom. The number of benzene rings is 1. The number of para-hydroxylation sites is 1. The van der Waals surface area contributed by atoms with Crippen LogP contribution in [0.5, 0.6) is 5.88 Å². The molecular formula is C11H10N2O2. The van der Waals surface area contributed by atoms with Gasteiger partial charge in [0.1, 0.15) is 0 Å². The summed E-state index contributed by atoms with van der Waals surface area (Å²) in [7, 11) is 0. The number of H-pyrrole nitrogens is 1. The molecule has 2 rings (SSSR count). The Bertz CT molecular complexity index is 541. The molecule has 1 heterocycles. The van der Waals surface area contributed by atoms with E-state index in [-0.39, 0.29) is 5.88 Å². The van der Waals surface area contributed by atoms with Crippen molar-refractivity contribution in [2.24, 2.45) is 5.18 Å². The van der Waals surface area contributed by atoms with Crippen molar-refractivity contribution in [3.8, 4) is 5.88 Å². The summed E-state index contributed by atoms with van der Waals surface area (Å²) in [5.74, 6) is 0.0548. The van der Waals surface area contributed by atoms with Crippen molar-refractivity contribution in [1.82, 2.24) is 4.98 Å². The number of nitrogens with zero attached hydrogens (tertiary/aromatic N) is 1. The average Bonchev–Trinajstić information content (AvgIpc) is 2.55. The molecule has 0 atom stereocenters. The molecule has 4 nitrogen and oxygen atoms in total. The molecule has 0 unspecified atom stereocenters. The number of nitroso groups, excluding NO2 is 1. The van der Waals surface area contributed by atoms with Gasteiger partial charge in [-0.3, -0.25) is 0 Å². The van der Waals surface area contributed by atoms with E-state index in [1.165, 1.54) is 0 Å². The normalized spacial score (nSPS) is 11.9. The maximum Gasteiger partial charge on any atom is 0.196 e. The Hall–Kier alpha value is -2.10. The van der Waals surface area contributed by atoms with Gasteiger partial charge < -0.3 is 10.1 Å². The summed E-state index contributed by atoms with van der Waals surface area (Å²) in [4.78, 5) is 13.1. The van der Waals surface area contributed by atoms with Crippen molar-refractivity contribution < 1.29 is 5.11 Å². The minimum Gasteiger partial charge on any atom is -0.494 e. The Labute approximate surface area is 86.2 Å². The maximum atomic E-state index is 10.3. The lowest BCUT2D eigenvalue weighted by molar-refractivity contribution is 0.457. The Morgan fingerprint density at radius 3 is 2.93 bits per heavy atom. The van der Waals surface area contributed by atoms with Crippen molar-refractivity contribution in [3.05, 3.63) is 40.4 Å². The molecule has 0 fully saturated rings. The minimum atomic E-state index is 0.0548. The lowest BCUT2D eigenvalue weighted by Gasteiger charge is -1.92. The average molecular weight is 202 g/mol. The van der Waals surface area contributed by atoms with Crippen molar-refractivity contribution in [2.45, 2.75) is 6.92 Å². The van der Waals surface area contributed by atoms with E-state index >= 15 is 0 Å². The van der Waals surface area contributed by atoms with Crippen LogP contribution in [-0.2, 0) is 0 Å². The monoisotopic (exact) mass is 202 g/mol. The fourth-order valence-corrected chi connectivity index (χ4v) is 1.53. The van der Waals surface area contributed by atoms with Crippen LogP contribution in [0.1, 0.15) is 12.5 Å². The molecule has 0 radical (unpaired) electrons. The van der Waals surface area contributed by atoms with E-state index in [2.05, 4.69) is 10.2 Å². The molecule has 15 heavy (non-hydrogen) atoms. The molecule has 2 N–H and O–H groups in total. The first-order chi connectivity index (χ1) is 7.22. The van der Waals surface area contributed by atoms with E-state index in [1.807, 2.05) is 24.3 Å². The van der Waals surface area contributed by atoms with Gasteiger partial charge in [0.25, 0.3) is 0 Å². The number of hydrogen-bond donors (Lipinski definition) is 2. The van der Waals surface area contributed by atoms with Gasteiger partial charge in [-0.15, -0.1) is 4.91 Å². The van der Waals surface area contributed by atoms with Crippen LogP contribution in [-0.4, -0.2) is 10.1 Å². The third-order valence-corrected chi connectivity index (χ3v) is 2.22. The van der Waals surface area contributed by atoms with Crippen molar-refractivity contribution in [2.75, 3.05) is 0 Å². The number of rotatable bonds is 2. The highest BCUT2D eigenvalue weighted by atomic mass is 16.3. The molecule has 0 aliphatic carbocycles. The van der Waals surface area contributed by atoms with E-state index < -0.39 is 0 Å². The molecule has 0 saturated heterocycles. The summed E-state index contributed by atoms with van der Waals surface area (Å²) in [6.45, 7) is 1.59. The molecule has 0 bridgehead atoms. The molecule has 0 aliphatic rings. The van der Waals surface area contributed by atoms with Gasteiger partial charge in [0.05, 0.1) is 5.70 Å². The molecule has 1 aromatic carbocycles. The fraction of sp³-hybridized carbons (Fsp3) is 0.0909. The van der Waals surface area contributed by atoms with Crippen LogP contribution < -0.4 is 0 Å². The molecular weight excluding hydrogens is 192 g/mol. The second-order valence-corrected chi connectivity index (χ2v) is 3.31. The van der Waals surface area contributed by atoms with Crippen LogP contribution in [0.2, 0.25) is 0 Å². The smallest absolute Gasteiger partial charge is 0.196 e. The summed E-state index contributed by atoms with van der Waals surface area (Å²) in [5.41, 5.74) is 1.76. The van der Waals surface area contributed by atoms with Gasteiger partial charge in [-0.05, 0) is 24.2 Å². The molecule has 76 valence electrons. The Balaban J connectivity index is 2.69. The molecule has 0 spiro atoms. The predicted molar refractivity (Wildman–Crippen MR) is 59.4 cm³/mol. The van der Waals surface area contributed by atoms with Gasteiger partial charge in [0.2, 0.25) is 0 Å². The minimum absolute atomic E-state index is 0.0548. The first-order valence-corrected chi connectivity index (χ1v) is 4.53. The van der Waals surface area contributed by atoms with E-state index in [9.17, 15) is 10.0 Å². The highest BCUT2D eigenvalue weighted by molar-refractivity contribution is 5.92. The summed E-state index contributed by atoms with van der Waals surface area (Å²) >= 11 is 0. The largest absolute Gasteiger partial charge is 0.494 e. The second-order valence-electron chi connectivity index (χ2n) is 3.31. The fourth-order valence-electron chi connectivity index (χ4n) is 1.53. The quantitative estimate of drug-likeness (QED) is 0.735. The van der Waals surface area contributed by atoms with Gasteiger partial charge in [0, 0.05) is 16.5 Å². The number of fused-ring (bicyclic) bond motifs is 1. The van der Waals surface area contributed by atoms with Crippen LogP contribution in [0.3, 0.4) is 0 Å². The lowest BCUT2D eigenvalue weighted by atomic mass is 10.1. The number of aromatic amines is 1. The standard InChI is InChI=1S/C11H10N2O2/c1-7(13-15)6-9-8-4-2-3-5-10(8)12-11(9)14/h2-6,12,14H,1H3/b7-6+. The third-order valence-electron chi connectivity index (χ3n) is 2.22. The Morgan fingerprint density at radius 2 is 2.20 bits per heavy atom. The number of nitrogens with one attached hydrogen (secondary N) is 1. The predicted octanol–water partition coefficient (Wildman–Crippen LogP) is 3.00. The van der Waals surface area contributed by atoms with Crippen LogP contribution in [0.4, 0.5) is 0 Å². The lowest BCUT2D eigenvalue weighted by Crippen LogP contribution is -1.72. The van der Waals surface area contributed by atoms with Gasteiger partial charge in [-0.2, -0.15) is 0 Å². The van der Waals surface area contributed by atoms with Crippen molar-refractivity contribution in [3.63, 3.8) is 0 Å². The number of allylic oxidation sites excluding steroid dienone is 1. The van der Waals surface area contributed by atoms with Crippen LogP contribution in [0.15, 0.2) is 35.1 Å². The van der Waals surface area contributed by atoms with E-state index in [0.29, 0.717) is 11.3 Å². The summed E-state index contributed by atoms with van der Waals surface area (Å²) in [6.07, 6.45) is 1.56. The van der Waals surface area contributed by atoms with E-state index in [4.69, 9.17) is 0 Å². The first-order valence-electron chi connectivity index (χ1n) is 4.53. The highest BCUT2D eigenvalue weighted by Crippen LogP contribution is 2.28. The maximum absolute atomic E-state index is 10.3. The van der Waals surface area contributed by atoms with Crippen molar-refractivity contribution >= 4 is 17.0 Å². The molecule has 2 aromatic rings. The molecule has 1 aromatic heterocycles. The first kappa shape index (κ1) is 9.45. The number of aromatic hydroxyl groups is 1. The zero-order valence-electron chi connectivity index (χ0n) is 8.19. The number of hydrogen-bond acceptors (Lipinski definition) is 3. The van der Waals surface area contributed by atoms with E-state index in [0.717, 1.165) is 10.9 Å². The molecule has 0 aliphatic heterocycles. The topological polar surface area (TPSA) is 65.4 Å². The van der Waals surface area contributed by atoms with Gasteiger partial charge in [-0.1, -0.05) is 18.2 Å². The number of aromatic nitrogens is 1. The van der Waals surface area contributed by atoms with Gasteiger partial charge in [0.15, 0.2) is 5.88 Å². The van der Waals surface area contributed by atoms with Crippen LogP contribution in [0.25, 0.3) is 17.0 Å². The van der Waals surface area contributed by atoms with Crippen LogP contribution >= 0.6 is 0 Å². The summed E-state index contributed by atoms with van der Waals surface area (Å²) < 4.78 is 0. The van der Waals surface area contributed by atoms with Crippen molar-refractivity contribution in [1.29, 1.82) is 0 Å². The molecule has 0 amide bonds. The van der Waals surface area contributed by atoms with E-state index in [1.54, 1.807) is 13.0 Å². The summed E-state index contributed by atoms with van der Waals surface area (Å²) in [6, 6.07) is 7.47. The SMILES string of the molecule is C/C(=C\c1c(O)[nH]c2ccccc12)N=O. The van der Waals surface area contributed by atoms with Crippen LogP contribution in [0, 0.1) is 4.91 Å². The van der Waals surface area contributed by atoms with Gasteiger partial charge in [-0.25, -0.2) is 0 Å². The Kier molecular flexibility index (Phi) is 2.25. The summed E-state index contributed by atoms with van der Waals surface area (Å²) in [5, 5.41) is 13.3. The van der Waals surface area contributed by atoms with Gasteiger partial charge >= 0.3 is 0 Å².